The molecule has 0 saturated heterocycles. The molecule has 0 aliphatic heterocycles. The van der Waals surface area contributed by atoms with Crippen LogP contribution in [-0.2, 0) is 0 Å². The summed E-state index contributed by atoms with van der Waals surface area (Å²) in [5.41, 5.74) is 9.80. The van der Waals surface area contributed by atoms with Gasteiger partial charge in [-0.1, -0.05) is 43.7 Å². The highest BCUT2D eigenvalue weighted by atomic mass is 16.3. The van der Waals surface area contributed by atoms with E-state index in [1.54, 1.807) is 5.57 Å². The number of hydrogen-bond donors (Lipinski definition) is 2. The molecule has 4 rings (SSSR count). The summed E-state index contributed by atoms with van der Waals surface area (Å²) < 4.78 is 0. The molecule has 2 saturated carbocycles. The van der Waals surface area contributed by atoms with Gasteiger partial charge in [0.05, 0.1) is 6.10 Å². The minimum Gasteiger partial charge on any atom is -0.393 e. The van der Waals surface area contributed by atoms with Crippen LogP contribution in [0.4, 0.5) is 0 Å². The molecule has 0 spiro atoms. The molecule has 114 valence electrons. The van der Waals surface area contributed by atoms with Crippen LogP contribution in [0.25, 0.3) is 0 Å². The Kier molecular flexibility index (Phi) is 2.84. The minimum absolute atomic E-state index is 0.0171. The molecule has 0 heterocycles. The van der Waals surface area contributed by atoms with Gasteiger partial charge in [0.1, 0.15) is 0 Å². The van der Waals surface area contributed by atoms with E-state index in [-0.39, 0.29) is 17.6 Å². The summed E-state index contributed by atoms with van der Waals surface area (Å²) in [6.45, 7) is 4.74. The molecule has 4 aliphatic carbocycles. The van der Waals surface area contributed by atoms with Gasteiger partial charge in [-0.05, 0) is 49.0 Å². The van der Waals surface area contributed by atoms with E-state index in [1.807, 2.05) is 0 Å². The Labute approximate surface area is 127 Å². The summed E-state index contributed by atoms with van der Waals surface area (Å²) in [6.07, 6.45) is 14.7. The molecule has 0 aromatic rings. The first-order chi connectivity index (χ1) is 9.95. The van der Waals surface area contributed by atoms with Crippen LogP contribution in [-0.4, -0.2) is 17.3 Å². The highest BCUT2D eigenvalue weighted by molar-refractivity contribution is 5.50. The largest absolute Gasteiger partial charge is 0.393 e. The third-order valence-electron chi connectivity index (χ3n) is 7.08. The van der Waals surface area contributed by atoms with Gasteiger partial charge < -0.3 is 10.8 Å². The van der Waals surface area contributed by atoms with E-state index in [0.29, 0.717) is 17.3 Å². The lowest BCUT2D eigenvalue weighted by Crippen LogP contribution is -2.47. The molecule has 0 amide bonds. The summed E-state index contributed by atoms with van der Waals surface area (Å²) in [6, 6.07) is 0.121. The van der Waals surface area contributed by atoms with Gasteiger partial charge in [-0.3, -0.25) is 0 Å². The molecule has 6 atom stereocenters. The average Bonchev–Trinajstić information content (AvgIpc) is 2.76. The van der Waals surface area contributed by atoms with Crippen LogP contribution in [0.3, 0.4) is 0 Å². The van der Waals surface area contributed by atoms with Crippen molar-refractivity contribution in [2.45, 2.75) is 58.1 Å². The van der Waals surface area contributed by atoms with Crippen LogP contribution in [0.1, 0.15) is 46.0 Å². The molecular weight excluding hydrogens is 258 g/mol. The molecule has 0 aromatic carbocycles. The molecule has 21 heavy (non-hydrogen) atoms. The Morgan fingerprint density at radius 2 is 2.05 bits per heavy atom. The summed E-state index contributed by atoms with van der Waals surface area (Å²) in [4.78, 5) is 0. The van der Waals surface area contributed by atoms with Gasteiger partial charge in [0.25, 0.3) is 0 Å². The zero-order valence-electron chi connectivity index (χ0n) is 13.2. The lowest BCUT2D eigenvalue weighted by Gasteiger charge is -2.54. The topological polar surface area (TPSA) is 46.2 Å². The maximum Gasteiger partial charge on any atom is 0.0543 e. The zero-order valence-corrected chi connectivity index (χ0v) is 13.2. The molecular formula is C19H27NO. The summed E-state index contributed by atoms with van der Waals surface area (Å²) in [5, 5.41) is 10.0. The van der Waals surface area contributed by atoms with Crippen LogP contribution in [0.2, 0.25) is 0 Å². The van der Waals surface area contributed by atoms with Crippen molar-refractivity contribution in [3.63, 3.8) is 0 Å². The van der Waals surface area contributed by atoms with E-state index in [4.69, 9.17) is 5.73 Å². The predicted molar refractivity (Wildman–Crippen MR) is 85.6 cm³/mol. The van der Waals surface area contributed by atoms with Gasteiger partial charge >= 0.3 is 0 Å². The third kappa shape index (κ3) is 1.72. The maximum absolute atomic E-state index is 10.0. The monoisotopic (exact) mass is 285 g/mol. The smallest absolute Gasteiger partial charge is 0.0543 e. The molecule has 0 bridgehead atoms. The fourth-order valence-corrected chi connectivity index (χ4v) is 5.48. The molecule has 2 heteroatoms. The second-order valence-corrected chi connectivity index (χ2v) is 8.11. The maximum atomic E-state index is 10.0. The van der Waals surface area contributed by atoms with E-state index in [2.05, 4.69) is 38.2 Å². The second-order valence-electron chi connectivity index (χ2n) is 8.11. The van der Waals surface area contributed by atoms with Gasteiger partial charge in [0.15, 0.2) is 0 Å². The molecule has 3 N–H and O–H groups in total. The quantitative estimate of drug-likeness (QED) is 0.671. The Morgan fingerprint density at radius 1 is 1.24 bits per heavy atom. The van der Waals surface area contributed by atoms with Crippen LogP contribution < -0.4 is 5.73 Å². The number of nitrogens with two attached hydrogens (primary N) is 1. The van der Waals surface area contributed by atoms with Gasteiger partial charge in [0, 0.05) is 17.4 Å². The molecule has 0 radical (unpaired) electrons. The zero-order chi connectivity index (χ0) is 14.8. The highest BCUT2D eigenvalue weighted by Crippen LogP contribution is 2.60. The van der Waals surface area contributed by atoms with Gasteiger partial charge in [-0.25, -0.2) is 0 Å². The van der Waals surface area contributed by atoms with E-state index in [9.17, 15) is 5.11 Å². The van der Waals surface area contributed by atoms with E-state index in [0.717, 1.165) is 19.3 Å². The Bertz CT molecular complexity index is 560. The lowest BCUT2D eigenvalue weighted by atomic mass is 9.51. The van der Waals surface area contributed by atoms with Gasteiger partial charge in [0.2, 0.25) is 0 Å². The lowest BCUT2D eigenvalue weighted by molar-refractivity contribution is -0.0164. The normalized spacial score (nSPS) is 51.6. The Balaban J connectivity index is 1.76. The van der Waals surface area contributed by atoms with Gasteiger partial charge in [-0.2, -0.15) is 0 Å². The molecule has 4 aliphatic rings. The van der Waals surface area contributed by atoms with Crippen molar-refractivity contribution in [3.8, 4) is 0 Å². The summed E-state index contributed by atoms with van der Waals surface area (Å²) in [7, 11) is 0. The SMILES string of the molecule is C[C@]12CC[C@H](O)C[C@H]1CCC1=C3C=C[C@H](N)[C@@]3(C)C=C[C@@H]12. The first kappa shape index (κ1) is 13.8. The molecule has 0 unspecified atom stereocenters. The van der Waals surface area contributed by atoms with E-state index < -0.39 is 0 Å². The van der Waals surface area contributed by atoms with Crippen molar-refractivity contribution in [1.82, 2.24) is 0 Å². The first-order valence-electron chi connectivity index (χ1n) is 8.50. The van der Waals surface area contributed by atoms with Crippen molar-refractivity contribution in [2.75, 3.05) is 0 Å². The highest BCUT2D eigenvalue weighted by Gasteiger charge is 2.51. The number of aliphatic hydroxyl groups is 1. The van der Waals surface area contributed by atoms with Crippen molar-refractivity contribution in [1.29, 1.82) is 0 Å². The fourth-order valence-electron chi connectivity index (χ4n) is 5.48. The van der Waals surface area contributed by atoms with E-state index in [1.165, 1.54) is 18.4 Å². The predicted octanol–water partition coefficient (Wildman–Crippen LogP) is 3.33. The van der Waals surface area contributed by atoms with Crippen LogP contribution >= 0.6 is 0 Å². The molecule has 2 nitrogen and oxygen atoms in total. The fraction of sp³-hybridized carbons (Fsp3) is 0.684. The van der Waals surface area contributed by atoms with Crippen molar-refractivity contribution < 1.29 is 5.11 Å². The van der Waals surface area contributed by atoms with Crippen LogP contribution in [0.15, 0.2) is 35.5 Å². The number of fused-ring (bicyclic) bond motifs is 4. The molecule has 2 fully saturated rings. The number of aliphatic hydroxyl groups excluding tert-OH is 1. The number of rotatable bonds is 0. The summed E-state index contributed by atoms with van der Waals surface area (Å²) >= 11 is 0. The second kappa shape index (κ2) is 4.33. The minimum atomic E-state index is -0.0742. The Morgan fingerprint density at radius 3 is 2.86 bits per heavy atom. The standard InChI is InChI=1S/C19H27NO/c1-18-9-7-13(21)11-12(18)3-4-14-15-5-6-17(20)19(15,2)10-8-16(14)18/h5-6,8,10,12-13,16-17,21H,3-4,7,9,11,20H2,1-2H3/t12-,13+,16+,17+,18+,19+/m1/s1. The third-order valence-corrected chi connectivity index (χ3v) is 7.08. The van der Waals surface area contributed by atoms with Crippen molar-refractivity contribution in [2.24, 2.45) is 28.4 Å². The molecule has 0 aromatic heterocycles. The van der Waals surface area contributed by atoms with Crippen molar-refractivity contribution in [3.05, 3.63) is 35.5 Å². The van der Waals surface area contributed by atoms with Crippen LogP contribution in [0, 0.1) is 22.7 Å². The number of hydrogen-bond acceptors (Lipinski definition) is 2. The summed E-state index contributed by atoms with van der Waals surface area (Å²) in [5.74, 6) is 1.23. The Hall–Kier alpha value is -0.860. The average molecular weight is 285 g/mol. The van der Waals surface area contributed by atoms with Crippen LogP contribution in [0.5, 0.6) is 0 Å². The van der Waals surface area contributed by atoms with Gasteiger partial charge in [-0.15, -0.1) is 0 Å². The first-order valence-corrected chi connectivity index (χ1v) is 8.50. The van der Waals surface area contributed by atoms with Crippen molar-refractivity contribution >= 4 is 0 Å². The van der Waals surface area contributed by atoms with E-state index >= 15 is 0 Å². The number of allylic oxidation sites excluding steroid dienone is 3.